The standard InChI is InChI=1S/C25H34ClN3O3/c1-17(2)29(18(3)4)25(30)20-10-13-23(22(26)16-20)32-15-7-5-6-14-31-21-11-8-19(9-12-21)24(27)28/h8-13,16-18H,5-7,14-15H2,1-4H3,(H3,27,28). The first-order chi connectivity index (χ1) is 15.2. The lowest BCUT2D eigenvalue weighted by atomic mass is 10.1. The third-order valence-corrected chi connectivity index (χ3v) is 5.30. The molecule has 0 fully saturated rings. The first-order valence-corrected chi connectivity index (χ1v) is 11.4. The molecule has 0 aromatic heterocycles. The minimum atomic E-state index is -0.0283. The zero-order chi connectivity index (χ0) is 23.7. The maximum atomic E-state index is 12.8. The van der Waals surface area contributed by atoms with E-state index in [-0.39, 0.29) is 23.8 Å². The molecule has 0 bridgehead atoms. The summed E-state index contributed by atoms with van der Waals surface area (Å²) in [5, 5.41) is 7.84. The van der Waals surface area contributed by atoms with Crippen LogP contribution in [0.15, 0.2) is 42.5 Å². The first-order valence-electron chi connectivity index (χ1n) is 11.0. The summed E-state index contributed by atoms with van der Waals surface area (Å²) in [5.74, 6) is 1.37. The van der Waals surface area contributed by atoms with Crippen molar-refractivity contribution in [1.29, 1.82) is 5.41 Å². The molecule has 0 aliphatic heterocycles. The van der Waals surface area contributed by atoms with Gasteiger partial charge in [-0.2, -0.15) is 0 Å². The molecule has 6 nitrogen and oxygen atoms in total. The van der Waals surface area contributed by atoms with E-state index in [1.807, 2.05) is 44.7 Å². The van der Waals surface area contributed by atoms with E-state index in [1.54, 1.807) is 30.3 Å². The Bertz CT molecular complexity index is 890. The van der Waals surface area contributed by atoms with Gasteiger partial charge in [-0.15, -0.1) is 0 Å². The van der Waals surface area contributed by atoms with E-state index in [0.29, 0.717) is 35.1 Å². The quantitative estimate of drug-likeness (QED) is 0.249. The van der Waals surface area contributed by atoms with Crippen molar-refractivity contribution in [2.75, 3.05) is 13.2 Å². The molecule has 2 aromatic rings. The van der Waals surface area contributed by atoms with Crippen LogP contribution in [0.5, 0.6) is 11.5 Å². The Hall–Kier alpha value is -2.73. The van der Waals surface area contributed by atoms with Gasteiger partial charge in [-0.25, -0.2) is 0 Å². The van der Waals surface area contributed by atoms with Crippen LogP contribution in [0.2, 0.25) is 5.02 Å². The number of rotatable bonds is 12. The van der Waals surface area contributed by atoms with Gasteiger partial charge in [-0.1, -0.05) is 11.6 Å². The summed E-state index contributed by atoms with van der Waals surface area (Å²) in [7, 11) is 0. The first kappa shape index (κ1) is 25.5. The van der Waals surface area contributed by atoms with Gasteiger partial charge in [-0.3, -0.25) is 10.2 Å². The molecule has 0 aliphatic rings. The second kappa shape index (κ2) is 12.3. The van der Waals surface area contributed by atoms with Crippen LogP contribution in [0.1, 0.15) is 62.9 Å². The summed E-state index contributed by atoms with van der Waals surface area (Å²) in [6.07, 6.45) is 2.73. The van der Waals surface area contributed by atoms with Gasteiger partial charge >= 0.3 is 0 Å². The molecule has 3 N–H and O–H groups in total. The van der Waals surface area contributed by atoms with Crippen molar-refractivity contribution in [3.8, 4) is 11.5 Å². The number of nitrogens with two attached hydrogens (primary N) is 1. The predicted octanol–water partition coefficient (Wildman–Crippen LogP) is 5.51. The monoisotopic (exact) mass is 459 g/mol. The Morgan fingerprint density at radius 2 is 1.50 bits per heavy atom. The predicted molar refractivity (Wildman–Crippen MR) is 130 cm³/mol. The van der Waals surface area contributed by atoms with Crippen molar-refractivity contribution in [3.63, 3.8) is 0 Å². The Labute approximate surface area is 196 Å². The van der Waals surface area contributed by atoms with Gasteiger partial charge in [0, 0.05) is 23.2 Å². The minimum absolute atomic E-state index is 0.0283. The molecule has 174 valence electrons. The smallest absolute Gasteiger partial charge is 0.254 e. The molecule has 0 aliphatic carbocycles. The van der Waals surface area contributed by atoms with Gasteiger partial charge < -0.3 is 20.1 Å². The average Bonchev–Trinajstić information content (AvgIpc) is 2.73. The van der Waals surface area contributed by atoms with Gasteiger partial charge in [0.1, 0.15) is 17.3 Å². The van der Waals surface area contributed by atoms with Gasteiger partial charge in [-0.05, 0) is 89.4 Å². The van der Waals surface area contributed by atoms with E-state index < -0.39 is 0 Å². The Kier molecular flexibility index (Phi) is 9.85. The van der Waals surface area contributed by atoms with Crippen molar-refractivity contribution in [1.82, 2.24) is 4.90 Å². The molecular formula is C25H34ClN3O3. The van der Waals surface area contributed by atoms with Crippen LogP contribution in [-0.2, 0) is 0 Å². The van der Waals surface area contributed by atoms with Gasteiger partial charge in [0.25, 0.3) is 5.91 Å². The molecule has 2 rings (SSSR count). The van der Waals surface area contributed by atoms with Gasteiger partial charge in [0.15, 0.2) is 0 Å². The van der Waals surface area contributed by atoms with Crippen LogP contribution in [0.25, 0.3) is 0 Å². The van der Waals surface area contributed by atoms with Crippen molar-refractivity contribution in [2.45, 2.75) is 59.0 Å². The maximum Gasteiger partial charge on any atom is 0.254 e. The number of nitrogens with one attached hydrogen (secondary N) is 1. The highest BCUT2D eigenvalue weighted by atomic mass is 35.5. The van der Waals surface area contributed by atoms with Crippen LogP contribution in [-0.4, -0.2) is 41.9 Å². The van der Waals surface area contributed by atoms with E-state index in [9.17, 15) is 4.79 Å². The highest BCUT2D eigenvalue weighted by Gasteiger charge is 2.22. The van der Waals surface area contributed by atoms with Crippen LogP contribution in [0.3, 0.4) is 0 Å². The number of benzene rings is 2. The summed E-state index contributed by atoms with van der Waals surface area (Å²) in [6, 6.07) is 12.6. The fraction of sp³-hybridized carbons (Fsp3) is 0.440. The maximum absolute atomic E-state index is 12.8. The Balaban J connectivity index is 1.73. The lowest BCUT2D eigenvalue weighted by Crippen LogP contribution is -2.42. The SMILES string of the molecule is CC(C)N(C(=O)c1ccc(OCCCCCOc2ccc(C(=N)N)cc2)c(Cl)c1)C(C)C. The number of amides is 1. The number of ether oxygens (including phenoxy) is 2. The average molecular weight is 460 g/mol. The van der Waals surface area contributed by atoms with E-state index in [4.69, 9.17) is 32.2 Å². The molecule has 7 heteroatoms. The number of hydrogen-bond donors (Lipinski definition) is 2. The second-order valence-corrected chi connectivity index (χ2v) is 8.65. The number of halogens is 1. The summed E-state index contributed by atoms with van der Waals surface area (Å²) < 4.78 is 11.5. The number of unbranched alkanes of at least 4 members (excludes halogenated alkanes) is 2. The fourth-order valence-corrected chi connectivity index (χ4v) is 3.68. The zero-order valence-corrected chi connectivity index (χ0v) is 20.1. The van der Waals surface area contributed by atoms with Crippen molar-refractivity contribution in [3.05, 3.63) is 58.6 Å². The molecule has 0 unspecified atom stereocenters. The molecule has 0 saturated carbocycles. The molecule has 0 radical (unpaired) electrons. The third kappa shape index (κ3) is 7.45. The highest BCUT2D eigenvalue weighted by molar-refractivity contribution is 6.32. The second-order valence-electron chi connectivity index (χ2n) is 8.24. The normalized spacial score (nSPS) is 11.0. The van der Waals surface area contributed by atoms with Crippen LogP contribution >= 0.6 is 11.6 Å². The Morgan fingerprint density at radius 3 is 2.03 bits per heavy atom. The third-order valence-electron chi connectivity index (χ3n) is 5.01. The number of hydrogen-bond acceptors (Lipinski definition) is 4. The summed E-state index contributed by atoms with van der Waals surface area (Å²) in [6.45, 7) is 9.18. The molecule has 0 heterocycles. The number of nitrogen functional groups attached to an aromatic ring is 1. The summed E-state index contributed by atoms with van der Waals surface area (Å²) in [5.41, 5.74) is 6.69. The molecular weight excluding hydrogens is 426 g/mol. The van der Waals surface area contributed by atoms with Crippen molar-refractivity contribution >= 4 is 23.3 Å². The Morgan fingerprint density at radius 1 is 0.938 bits per heavy atom. The molecule has 0 saturated heterocycles. The van der Waals surface area contributed by atoms with E-state index in [1.165, 1.54) is 0 Å². The molecule has 0 spiro atoms. The number of amidine groups is 1. The lowest BCUT2D eigenvalue weighted by Gasteiger charge is -2.31. The molecule has 2 aromatic carbocycles. The van der Waals surface area contributed by atoms with E-state index in [2.05, 4.69) is 0 Å². The summed E-state index contributed by atoms with van der Waals surface area (Å²) >= 11 is 6.36. The number of carbonyl (C=O) groups excluding carboxylic acids is 1. The topological polar surface area (TPSA) is 88.6 Å². The van der Waals surface area contributed by atoms with Crippen LogP contribution in [0.4, 0.5) is 0 Å². The minimum Gasteiger partial charge on any atom is -0.494 e. The van der Waals surface area contributed by atoms with E-state index in [0.717, 1.165) is 25.0 Å². The van der Waals surface area contributed by atoms with Crippen molar-refractivity contribution in [2.24, 2.45) is 5.73 Å². The van der Waals surface area contributed by atoms with Gasteiger partial charge in [0.05, 0.1) is 18.2 Å². The van der Waals surface area contributed by atoms with Gasteiger partial charge in [0.2, 0.25) is 0 Å². The number of carbonyl (C=O) groups is 1. The van der Waals surface area contributed by atoms with E-state index >= 15 is 0 Å². The van der Waals surface area contributed by atoms with Crippen LogP contribution < -0.4 is 15.2 Å². The largest absolute Gasteiger partial charge is 0.494 e. The number of nitrogens with zero attached hydrogens (tertiary/aromatic N) is 1. The molecule has 1 amide bonds. The summed E-state index contributed by atoms with van der Waals surface area (Å²) in [4.78, 5) is 14.6. The van der Waals surface area contributed by atoms with Crippen molar-refractivity contribution < 1.29 is 14.3 Å². The highest BCUT2D eigenvalue weighted by Crippen LogP contribution is 2.27. The van der Waals surface area contributed by atoms with Crippen LogP contribution in [0, 0.1) is 5.41 Å². The fourth-order valence-electron chi connectivity index (χ4n) is 3.45. The zero-order valence-electron chi connectivity index (χ0n) is 19.4. The molecule has 32 heavy (non-hydrogen) atoms. The lowest BCUT2D eigenvalue weighted by molar-refractivity contribution is 0.0643. The molecule has 0 atom stereocenters.